The summed E-state index contributed by atoms with van der Waals surface area (Å²) in [6.45, 7) is 0. The zero-order valence-corrected chi connectivity index (χ0v) is 23.4. The number of aliphatic imine (C=N–C) groups is 1. The van der Waals surface area contributed by atoms with Crippen LogP contribution in [0.25, 0.3) is 48.0 Å². The highest BCUT2D eigenvalue weighted by Crippen LogP contribution is 2.43. The van der Waals surface area contributed by atoms with E-state index in [9.17, 15) is 0 Å². The molecule has 1 aliphatic heterocycles. The third kappa shape index (κ3) is 3.91. The molecule has 0 N–H and O–H groups in total. The lowest BCUT2D eigenvalue weighted by molar-refractivity contribution is 0.363. The minimum atomic E-state index is -0.141. The second-order valence-electron chi connectivity index (χ2n) is 10.5. The fourth-order valence-electron chi connectivity index (χ4n) is 6.09. The molecule has 0 saturated carbocycles. The highest BCUT2D eigenvalue weighted by Gasteiger charge is 2.27. The molecule has 7 aromatic rings. The predicted octanol–water partition coefficient (Wildman–Crippen LogP) is 9.61. The minimum absolute atomic E-state index is 0.141. The average molecular weight is 546 g/mol. The van der Waals surface area contributed by atoms with Gasteiger partial charge < -0.3 is 4.90 Å². The van der Waals surface area contributed by atoms with Crippen LogP contribution in [0.5, 0.6) is 0 Å². The molecule has 0 bridgehead atoms. The smallest absolute Gasteiger partial charge is 0.149 e. The van der Waals surface area contributed by atoms with E-state index in [1.54, 1.807) is 0 Å². The number of nitrogens with zero attached hydrogens (tertiary/aromatic N) is 3. The number of benzene rings is 5. The lowest BCUT2D eigenvalue weighted by Crippen LogP contribution is -2.29. The van der Waals surface area contributed by atoms with Crippen molar-refractivity contribution in [1.82, 2.24) is 9.47 Å². The summed E-state index contributed by atoms with van der Waals surface area (Å²) in [6, 6.07) is 47.5. The maximum absolute atomic E-state index is 5.42. The van der Waals surface area contributed by atoms with Crippen molar-refractivity contribution in [1.29, 1.82) is 0 Å². The molecule has 0 fully saturated rings. The number of rotatable bonds is 3. The summed E-state index contributed by atoms with van der Waals surface area (Å²) in [4.78, 5) is 8.99. The van der Waals surface area contributed by atoms with Crippen LogP contribution in [0, 0.1) is 0 Å². The molecule has 0 aliphatic carbocycles. The molecule has 196 valence electrons. The van der Waals surface area contributed by atoms with Gasteiger partial charge in [0.1, 0.15) is 12.0 Å². The Morgan fingerprint density at radius 3 is 2.07 bits per heavy atom. The van der Waals surface area contributed by atoms with Crippen molar-refractivity contribution in [2.45, 2.75) is 6.17 Å². The van der Waals surface area contributed by atoms with Crippen molar-refractivity contribution in [3.8, 4) is 10.4 Å². The van der Waals surface area contributed by atoms with Gasteiger partial charge in [-0.2, -0.15) is 0 Å². The molecule has 3 heterocycles. The second kappa shape index (κ2) is 9.61. The maximum atomic E-state index is 5.42. The summed E-state index contributed by atoms with van der Waals surface area (Å²) in [5.74, 6) is 0.946. The average Bonchev–Trinajstić information content (AvgIpc) is 3.62. The standard InChI is InChI=1S/C37H27N3S/c1-39-32(25-13-5-2-6-14-25)24-34(38-37(39)27-17-9-4-10-18-27)40-30-20-12-11-19-29(30)35-31(40)22-21-28-23-33(41-36(28)35)26-15-7-3-8-16-26/h2-24,37H,1H3. The molecular formula is C37H27N3S. The number of fused-ring (bicyclic) bond motifs is 5. The van der Waals surface area contributed by atoms with E-state index in [1.165, 1.54) is 53.5 Å². The SMILES string of the molecule is CN1C(c2ccccc2)=CC(n2c3ccccc3c3c4sc(-c5ccccc5)cc4ccc32)=NC1c1ccccc1. The van der Waals surface area contributed by atoms with Crippen LogP contribution in [0.4, 0.5) is 0 Å². The summed E-state index contributed by atoms with van der Waals surface area (Å²) in [7, 11) is 2.14. The van der Waals surface area contributed by atoms with Gasteiger partial charge in [-0.25, -0.2) is 4.99 Å². The molecular weight excluding hydrogens is 518 g/mol. The van der Waals surface area contributed by atoms with E-state index < -0.39 is 0 Å². The van der Waals surface area contributed by atoms with E-state index in [1.807, 2.05) is 11.3 Å². The Bertz CT molecular complexity index is 2100. The first-order valence-corrected chi connectivity index (χ1v) is 14.7. The number of aromatic nitrogens is 1. The van der Waals surface area contributed by atoms with Crippen molar-refractivity contribution < 1.29 is 0 Å². The lowest BCUT2D eigenvalue weighted by atomic mass is 10.1. The van der Waals surface area contributed by atoms with Crippen molar-refractivity contribution in [2.75, 3.05) is 7.05 Å². The van der Waals surface area contributed by atoms with Crippen LogP contribution >= 0.6 is 11.3 Å². The van der Waals surface area contributed by atoms with Crippen molar-refractivity contribution >= 4 is 54.8 Å². The molecule has 1 atom stereocenters. The van der Waals surface area contributed by atoms with Gasteiger partial charge in [0.25, 0.3) is 0 Å². The minimum Gasteiger partial charge on any atom is -0.348 e. The normalized spacial score (nSPS) is 15.4. The Balaban J connectivity index is 1.41. The van der Waals surface area contributed by atoms with Gasteiger partial charge >= 0.3 is 0 Å². The molecule has 3 nitrogen and oxygen atoms in total. The number of hydrogen-bond donors (Lipinski definition) is 0. The first-order valence-electron chi connectivity index (χ1n) is 13.9. The first kappa shape index (κ1) is 23.9. The van der Waals surface area contributed by atoms with E-state index >= 15 is 0 Å². The van der Waals surface area contributed by atoms with Gasteiger partial charge in [-0.05, 0) is 40.3 Å². The Morgan fingerprint density at radius 2 is 1.32 bits per heavy atom. The van der Waals surface area contributed by atoms with Gasteiger partial charge in [-0.15, -0.1) is 11.3 Å². The quantitative estimate of drug-likeness (QED) is 0.216. The molecule has 1 unspecified atom stereocenters. The predicted molar refractivity (Wildman–Crippen MR) is 174 cm³/mol. The number of thiophene rings is 1. The molecule has 2 aromatic heterocycles. The molecule has 0 spiro atoms. The topological polar surface area (TPSA) is 20.5 Å². The zero-order valence-electron chi connectivity index (χ0n) is 22.6. The summed E-state index contributed by atoms with van der Waals surface area (Å²) in [5, 5.41) is 3.82. The fourth-order valence-corrected chi connectivity index (χ4v) is 7.31. The van der Waals surface area contributed by atoms with Gasteiger partial charge in [0.05, 0.1) is 11.0 Å². The zero-order chi connectivity index (χ0) is 27.3. The molecule has 5 aromatic carbocycles. The van der Waals surface area contributed by atoms with E-state index in [4.69, 9.17) is 4.99 Å². The van der Waals surface area contributed by atoms with E-state index in [2.05, 4.69) is 156 Å². The molecule has 0 saturated heterocycles. The molecule has 41 heavy (non-hydrogen) atoms. The monoisotopic (exact) mass is 545 g/mol. The van der Waals surface area contributed by atoms with Gasteiger partial charge in [0.15, 0.2) is 0 Å². The molecule has 0 radical (unpaired) electrons. The van der Waals surface area contributed by atoms with E-state index in [0.717, 1.165) is 11.5 Å². The Labute approximate surface area is 242 Å². The number of hydrogen-bond acceptors (Lipinski definition) is 3. The Morgan fingerprint density at radius 1 is 0.659 bits per heavy atom. The highest BCUT2D eigenvalue weighted by atomic mass is 32.1. The van der Waals surface area contributed by atoms with Gasteiger partial charge in [0, 0.05) is 39.2 Å². The largest absolute Gasteiger partial charge is 0.348 e. The molecule has 1 aliphatic rings. The van der Waals surface area contributed by atoms with Crippen LogP contribution in [0.3, 0.4) is 0 Å². The van der Waals surface area contributed by atoms with Crippen LogP contribution < -0.4 is 0 Å². The molecule has 0 amide bonds. The van der Waals surface area contributed by atoms with Crippen molar-refractivity contribution in [3.63, 3.8) is 0 Å². The summed E-state index contributed by atoms with van der Waals surface area (Å²) < 4.78 is 3.68. The van der Waals surface area contributed by atoms with Crippen LogP contribution in [0.2, 0.25) is 0 Å². The van der Waals surface area contributed by atoms with Gasteiger partial charge in [-0.1, -0.05) is 115 Å². The third-order valence-corrected chi connectivity index (χ3v) is 9.26. The Kier molecular flexibility index (Phi) is 5.61. The van der Waals surface area contributed by atoms with E-state index in [-0.39, 0.29) is 6.17 Å². The molecule has 8 rings (SSSR count). The molecule has 4 heteroatoms. The summed E-state index contributed by atoms with van der Waals surface area (Å²) in [6.07, 6.45) is 2.10. The van der Waals surface area contributed by atoms with E-state index in [0.29, 0.717) is 0 Å². The maximum Gasteiger partial charge on any atom is 0.149 e. The van der Waals surface area contributed by atoms with Crippen LogP contribution in [-0.4, -0.2) is 22.4 Å². The third-order valence-electron chi connectivity index (χ3n) is 8.04. The number of allylic oxidation sites excluding steroid dienone is 1. The van der Waals surface area contributed by atoms with Crippen LogP contribution in [0.15, 0.2) is 145 Å². The second-order valence-corrected chi connectivity index (χ2v) is 11.5. The summed E-state index contributed by atoms with van der Waals surface area (Å²) >= 11 is 1.87. The summed E-state index contributed by atoms with van der Waals surface area (Å²) in [5.41, 5.74) is 7.10. The fraction of sp³-hybridized carbons (Fsp3) is 0.0541. The van der Waals surface area contributed by atoms with Gasteiger partial charge in [-0.3, -0.25) is 4.57 Å². The van der Waals surface area contributed by atoms with Crippen LogP contribution in [0.1, 0.15) is 17.3 Å². The van der Waals surface area contributed by atoms with Crippen molar-refractivity contribution in [3.05, 3.63) is 151 Å². The Hall–Kier alpha value is -4.93. The highest BCUT2D eigenvalue weighted by molar-refractivity contribution is 7.23. The van der Waals surface area contributed by atoms with Crippen LogP contribution in [-0.2, 0) is 0 Å². The first-order chi connectivity index (χ1) is 20.3. The van der Waals surface area contributed by atoms with Gasteiger partial charge in [0.2, 0.25) is 0 Å². The number of para-hydroxylation sites is 1. The lowest BCUT2D eigenvalue weighted by Gasteiger charge is -2.34. The van der Waals surface area contributed by atoms with Crippen molar-refractivity contribution in [2.24, 2.45) is 4.99 Å².